The van der Waals surface area contributed by atoms with Gasteiger partial charge in [-0.1, -0.05) is 60.8 Å². The smallest absolute Gasteiger partial charge is 0.0876 e. The fourth-order valence-electron chi connectivity index (χ4n) is 2.67. The van der Waals surface area contributed by atoms with Crippen molar-refractivity contribution in [3.8, 4) is 0 Å². The van der Waals surface area contributed by atoms with Gasteiger partial charge in [0.25, 0.3) is 0 Å². The molecule has 0 spiro atoms. The monoisotopic (exact) mass is 444 g/mol. The normalized spacial score (nSPS) is 42.1. The summed E-state index contributed by atoms with van der Waals surface area (Å²) in [4.78, 5) is 2.73. The lowest BCUT2D eigenvalue weighted by Crippen LogP contribution is -2.36. The molecule has 6 atom stereocenters. The third kappa shape index (κ3) is 3.60. The molecule has 0 aliphatic carbocycles. The Morgan fingerprint density at radius 3 is 2.72 bits per heavy atom. The second-order valence-electron chi connectivity index (χ2n) is 4.94. The lowest BCUT2D eigenvalue weighted by Gasteiger charge is -2.30. The Balaban J connectivity index is 2.04. The minimum absolute atomic E-state index is 0.197. The van der Waals surface area contributed by atoms with Crippen LogP contribution in [0.15, 0.2) is 11.1 Å². The van der Waals surface area contributed by atoms with Crippen LogP contribution in [0.25, 0.3) is 0 Å². The van der Waals surface area contributed by atoms with E-state index in [9.17, 15) is 0 Å². The predicted octanol–water partition coefficient (Wildman–Crippen LogP) is 4.54. The van der Waals surface area contributed by atoms with Crippen LogP contribution in [0.2, 0.25) is 0 Å². The summed E-state index contributed by atoms with van der Waals surface area (Å²) in [5, 5.41) is 0. The van der Waals surface area contributed by atoms with E-state index in [0.717, 1.165) is 25.7 Å². The molecule has 2 saturated heterocycles. The molecule has 0 amide bonds. The summed E-state index contributed by atoms with van der Waals surface area (Å²) in [6.45, 7) is 2.19. The van der Waals surface area contributed by atoms with Crippen molar-refractivity contribution in [3.63, 3.8) is 0 Å². The number of halogens is 3. The summed E-state index contributed by atoms with van der Waals surface area (Å²) >= 11 is 10.8. The van der Waals surface area contributed by atoms with Crippen molar-refractivity contribution in [1.82, 2.24) is 0 Å². The Kier molecular flexibility index (Phi) is 6.20. The van der Waals surface area contributed by atoms with Crippen LogP contribution in [0, 0.1) is 0 Å². The standard InChI is InChI=1S/C13H19Br3O2/c1-2-8(15)11-6-9(16)12-7-13(18-11)10(17-12)4-3-5-14/h3,5,8-13H,2,4,6-7H2,1H3/b5-3-/t8-,9-,10-,11+,12-,13-/m0/s1. The average Bonchev–Trinajstić information content (AvgIpc) is 2.69. The molecule has 18 heavy (non-hydrogen) atoms. The first kappa shape index (κ1) is 15.5. The zero-order chi connectivity index (χ0) is 13.1. The molecule has 0 aromatic heterocycles. The van der Waals surface area contributed by atoms with Crippen LogP contribution in [0.1, 0.15) is 32.6 Å². The van der Waals surface area contributed by atoms with Crippen molar-refractivity contribution >= 4 is 47.8 Å². The first-order chi connectivity index (χ1) is 8.65. The van der Waals surface area contributed by atoms with Crippen molar-refractivity contribution in [3.05, 3.63) is 11.1 Å². The molecular weight excluding hydrogens is 428 g/mol. The Bertz CT molecular complexity index is 298. The number of fused-ring (bicyclic) bond motifs is 2. The third-order valence-electron chi connectivity index (χ3n) is 3.69. The van der Waals surface area contributed by atoms with Gasteiger partial charge >= 0.3 is 0 Å². The lowest BCUT2D eigenvalue weighted by atomic mass is 10.1. The first-order valence-electron chi connectivity index (χ1n) is 6.50. The van der Waals surface area contributed by atoms with Crippen molar-refractivity contribution in [2.75, 3.05) is 0 Å². The molecule has 0 unspecified atom stereocenters. The topological polar surface area (TPSA) is 18.5 Å². The Morgan fingerprint density at radius 1 is 1.28 bits per heavy atom. The molecular formula is C13H19Br3O2. The molecule has 2 rings (SSSR count). The third-order valence-corrected chi connectivity index (χ3v) is 6.26. The summed E-state index contributed by atoms with van der Waals surface area (Å²) in [7, 11) is 0. The van der Waals surface area contributed by atoms with E-state index in [-0.39, 0.29) is 18.3 Å². The number of alkyl halides is 2. The summed E-state index contributed by atoms with van der Waals surface area (Å²) in [5.41, 5.74) is 0. The molecule has 0 radical (unpaired) electrons. The SMILES string of the molecule is CC[C@H](Br)[C@H]1C[C@H](Br)[C@@H]2C[C@H](O1)[C@H](C/C=C\Br)O2. The molecule has 2 nitrogen and oxygen atoms in total. The maximum Gasteiger partial charge on any atom is 0.0876 e. The molecule has 5 heteroatoms. The van der Waals surface area contributed by atoms with Crippen molar-refractivity contribution in [1.29, 1.82) is 0 Å². The van der Waals surface area contributed by atoms with Gasteiger partial charge < -0.3 is 9.47 Å². The zero-order valence-corrected chi connectivity index (χ0v) is 15.2. The highest BCUT2D eigenvalue weighted by Crippen LogP contribution is 2.38. The number of rotatable bonds is 4. The van der Waals surface area contributed by atoms with Gasteiger partial charge in [0, 0.05) is 16.1 Å². The molecule has 0 aromatic rings. The van der Waals surface area contributed by atoms with Gasteiger partial charge in [0.2, 0.25) is 0 Å². The van der Waals surface area contributed by atoms with Crippen molar-refractivity contribution in [2.45, 2.75) is 66.7 Å². The molecule has 2 aliphatic rings. The molecule has 2 heterocycles. The number of hydrogen-bond donors (Lipinski definition) is 0. The molecule has 0 saturated carbocycles. The minimum atomic E-state index is 0.197. The highest BCUT2D eigenvalue weighted by molar-refractivity contribution is 9.11. The van der Waals surface area contributed by atoms with Crippen LogP contribution >= 0.6 is 47.8 Å². The van der Waals surface area contributed by atoms with Gasteiger partial charge in [-0.2, -0.15) is 0 Å². The number of ether oxygens (including phenoxy) is 2. The molecule has 2 bridgehead atoms. The largest absolute Gasteiger partial charge is 0.371 e. The fraction of sp³-hybridized carbons (Fsp3) is 0.846. The minimum Gasteiger partial charge on any atom is -0.371 e. The summed E-state index contributed by atoms with van der Waals surface area (Å²) in [6, 6.07) is 0. The quantitative estimate of drug-likeness (QED) is 0.590. The maximum absolute atomic E-state index is 6.28. The predicted molar refractivity (Wildman–Crippen MR) is 85.0 cm³/mol. The summed E-state index contributed by atoms with van der Waals surface area (Å²) in [5.74, 6) is 0. The van der Waals surface area contributed by atoms with E-state index in [1.54, 1.807) is 0 Å². The second kappa shape index (κ2) is 7.21. The van der Waals surface area contributed by atoms with Crippen LogP contribution in [-0.4, -0.2) is 34.1 Å². The highest BCUT2D eigenvalue weighted by Gasteiger charge is 2.44. The van der Waals surface area contributed by atoms with Gasteiger partial charge in [-0.15, -0.1) is 0 Å². The van der Waals surface area contributed by atoms with Gasteiger partial charge in [0.1, 0.15) is 0 Å². The fourth-order valence-corrected chi connectivity index (χ4v) is 3.93. The van der Waals surface area contributed by atoms with Crippen LogP contribution in [0.4, 0.5) is 0 Å². The Hall–Kier alpha value is 1.10. The Labute approximate surface area is 134 Å². The van der Waals surface area contributed by atoms with Gasteiger partial charge in [-0.25, -0.2) is 0 Å². The molecule has 0 aromatic carbocycles. The van der Waals surface area contributed by atoms with Crippen molar-refractivity contribution in [2.24, 2.45) is 0 Å². The lowest BCUT2D eigenvalue weighted by molar-refractivity contribution is -0.0732. The van der Waals surface area contributed by atoms with E-state index in [1.807, 2.05) is 4.99 Å². The molecule has 2 aliphatic heterocycles. The van der Waals surface area contributed by atoms with Crippen LogP contribution in [-0.2, 0) is 9.47 Å². The van der Waals surface area contributed by atoms with E-state index in [0.29, 0.717) is 15.8 Å². The summed E-state index contributed by atoms with van der Waals surface area (Å²) in [6.07, 6.45) is 7.14. The van der Waals surface area contributed by atoms with Crippen LogP contribution in [0.3, 0.4) is 0 Å². The van der Waals surface area contributed by atoms with Gasteiger partial charge in [0.05, 0.1) is 24.4 Å². The zero-order valence-electron chi connectivity index (χ0n) is 10.4. The molecule has 2 fully saturated rings. The summed E-state index contributed by atoms with van der Waals surface area (Å²) < 4.78 is 12.4. The number of hydrogen-bond acceptors (Lipinski definition) is 2. The Morgan fingerprint density at radius 2 is 2.06 bits per heavy atom. The van der Waals surface area contributed by atoms with Crippen LogP contribution in [0.5, 0.6) is 0 Å². The van der Waals surface area contributed by atoms with Crippen molar-refractivity contribution < 1.29 is 9.47 Å². The van der Waals surface area contributed by atoms with Crippen LogP contribution < -0.4 is 0 Å². The highest BCUT2D eigenvalue weighted by atomic mass is 79.9. The van der Waals surface area contributed by atoms with E-state index < -0.39 is 0 Å². The van der Waals surface area contributed by atoms with E-state index in [4.69, 9.17) is 9.47 Å². The maximum atomic E-state index is 6.28. The average molecular weight is 447 g/mol. The van der Waals surface area contributed by atoms with E-state index in [1.165, 1.54) is 0 Å². The first-order valence-corrected chi connectivity index (χ1v) is 9.24. The van der Waals surface area contributed by atoms with Gasteiger partial charge in [-0.3, -0.25) is 0 Å². The molecule has 0 N–H and O–H groups in total. The van der Waals surface area contributed by atoms with E-state index >= 15 is 0 Å². The van der Waals surface area contributed by atoms with Gasteiger partial charge in [0.15, 0.2) is 0 Å². The second-order valence-corrected chi connectivity index (χ2v) is 7.82. The van der Waals surface area contributed by atoms with Gasteiger partial charge in [-0.05, 0) is 24.2 Å². The van der Waals surface area contributed by atoms with E-state index in [2.05, 4.69) is 60.8 Å². The molecule has 104 valence electrons.